The van der Waals surface area contributed by atoms with Crippen molar-refractivity contribution < 1.29 is 46.2 Å². The fourth-order valence-corrected chi connectivity index (χ4v) is 5.36. The van der Waals surface area contributed by atoms with Crippen LogP contribution in [0.5, 0.6) is 0 Å². The second kappa shape index (κ2) is 11.0. The van der Waals surface area contributed by atoms with E-state index in [0.29, 0.717) is 29.5 Å². The molecule has 1 spiro atoms. The highest BCUT2D eigenvalue weighted by Crippen LogP contribution is 2.39. The lowest BCUT2D eigenvalue weighted by atomic mass is 9.94. The average molecular weight is 597 g/mol. The van der Waals surface area contributed by atoms with Gasteiger partial charge >= 0.3 is 12.2 Å². The molecule has 0 saturated carbocycles. The maximum absolute atomic E-state index is 13.9. The lowest BCUT2D eigenvalue weighted by Crippen LogP contribution is -2.57. The molecule has 2 aromatic carbocycles. The Kier molecular flexibility index (Phi) is 8.06. The van der Waals surface area contributed by atoms with Crippen LogP contribution in [0.1, 0.15) is 49.9 Å². The van der Waals surface area contributed by atoms with Gasteiger partial charge in [-0.15, -0.1) is 0 Å². The molecule has 42 heavy (non-hydrogen) atoms. The Morgan fingerprint density at radius 2 is 1.71 bits per heavy atom. The van der Waals surface area contributed by atoms with E-state index in [1.165, 1.54) is 11.0 Å². The van der Waals surface area contributed by atoms with E-state index in [1.807, 2.05) is 6.92 Å². The first kappa shape index (κ1) is 30.9. The van der Waals surface area contributed by atoms with Gasteiger partial charge in [-0.2, -0.15) is 13.2 Å². The van der Waals surface area contributed by atoms with Crippen LogP contribution in [0.25, 0.3) is 0 Å². The molecule has 9 nitrogen and oxygen atoms in total. The zero-order valence-electron chi connectivity index (χ0n) is 22.9. The summed E-state index contributed by atoms with van der Waals surface area (Å²) in [7, 11) is 0. The van der Waals surface area contributed by atoms with Crippen LogP contribution in [-0.4, -0.2) is 69.1 Å². The van der Waals surface area contributed by atoms with Crippen molar-refractivity contribution in [2.45, 2.75) is 63.4 Å². The van der Waals surface area contributed by atoms with Crippen LogP contribution in [0, 0.1) is 11.6 Å². The third-order valence-corrected chi connectivity index (χ3v) is 7.69. The molecule has 3 atom stereocenters. The van der Waals surface area contributed by atoms with E-state index in [-0.39, 0.29) is 31.0 Å². The number of carbonyl (C=O) groups excluding carboxylic acids is 4. The normalized spacial score (nSPS) is 20.3. The lowest BCUT2D eigenvalue weighted by Gasteiger charge is -2.35. The Labute approximate surface area is 237 Å². The maximum Gasteiger partial charge on any atom is 0.426 e. The summed E-state index contributed by atoms with van der Waals surface area (Å²) in [6.07, 6.45) is -4.37. The number of benzene rings is 2. The number of aliphatic hydroxyl groups is 1. The van der Waals surface area contributed by atoms with Crippen LogP contribution in [0.15, 0.2) is 36.4 Å². The standard InChI is InChI=1S/C28H29F5N4O5/c1-4-7-37-25(41)35-23(39)27(37)12-16-5-6-21(10-18(16)13-27)34-22(38)14-36(24(40)26(3,42)28(31,32)33)15(2)17-8-19(29)11-20(30)9-17/h5-6,8-11,15,42H,4,7,12-14H2,1-3H3,(H,34,38)(H,35,39,41)/t15-,26+,27+/m1/s1. The van der Waals surface area contributed by atoms with Gasteiger partial charge in [0.2, 0.25) is 11.5 Å². The number of anilines is 1. The summed E-state index contributed by atoms with van der Waals surface area (Å²) < 4.78 is 68.3. The first-order chi connectivity index (χ1) is 19.5. The topological polar surface area (TPSA) is 119 Å². The molecule has 0 unspecified atom stereocenters. The third kappa shape index (κ3) is 5.54. The zero-order chi connectivity index (χ0) is 31.2. The van der Waals surface area contributed by atoms with Crippen molar-refractivity contribution in [3.05, 3.63) is 64.7 Å². The molecule has 1 aliphatic carbocycles. The van der Waals surface area contributed by atoms with Crippen LogP contribution < -0.4 is 10.6 Å². The number of urea groups is 1. The van der Waals surface area contributed by atoms with E-state index in [0.717, 1.165) is 24.6 Å². The Morgan fingerprint density at radius 1 is 1.10 bits per heavy atom. The van der Waals surface area contributed by atoms with Crippen LogP contribution in [0.3, 0.4) is 0 Å². The van der Waals surface area contributed by atoms with Gasteiger partial charge in [-0.25, -0.2) is 13.6 Å². The summed E-state index contributed by atoms with van der Waals surface area (Å²) in [6.45, 7) is 2.60. The fraction of sp³-hybridized carbons (Fsp3) is 0.429. The molecule has 2 aliphatic rings. The predicted octanol–water partition coefficient (Wildman–Crippen LogP) is 3.61. The van der Waals surface area contributed by atoms with E-state index in [2.05, 4.69) is 10.6 Å². The minimum absolute atomic E-state index is 0.171. The number of nitrogens with zero attached hydrogens (tertiary/aromatic N) is 2. The second-order valence-corrected chi connectivity index (χ2v) is 10.7. The van der Waals surface area contributed by atoms with Gasteiger partial charge in [0, 0.05) is 31.1 Å². The molecule has 1 saturated heterocycles. The van der Waals surface area contributed by atoms with Crippen molar-refractivity contribution >= 4 is 29.4 Å². The number of hydrogen-bond acceptors (Lipinski definition) is 5. The monoisotopic (exact) mass is 596 g/mol. The molecule has 5 amide bonds. The van der Waals surface area contributed by atoms with Gasteiger partial charge < -0.3 is 20.2 Å². The van der Waals surface area contributed by atoms with Crippen LogP contribution in [0.2, 0.25) is 0 Å². The Hall–Kier alpha value is -4.07. The fourth-order valence-electron chi connectivity index (χ4n) is 5.36. The van der Waals surface area contributed by atoms with Gasteiger partial charge in [0.15, 0.2) is 0 Å². The SMILES string of the molecule is CCCN1C(=O)NC(=O)[C@@]12Cc1ccc(NC(=O)CN(C(=O)[C@](C)(O)C(F)(F)F)[C@H](C)c3cc(F)cc(F)c3)cc1C2. The summed E-state index contributed by atoms with van der Waals surface area (Å²) in [5, 5.41) is 14.9. The number of carbonyl (C=O) groups is 4. The maximum atomic E-state index is 13.9. The van der Waals surface area contributed by atoms with Gasteiger partial charge in [-0.1, -0.05) is 13.0 Å². The number of alkyl halides is 3. The summed E-state index contributed by atoms with van der Waals surface area (Å²) >= 11 is 0. The zero-order valence-corrected chi connectivity index (χ0v) is 22.9. The average Bonchev–Trinajstić information content (AvgIpc) is 3.37. The predicted molar refractivity (Wildman–Crippen MR) is 139 cm³/mol. The highest BCUT2D eigenvalue weighted by molar-refractivity contribution is 6.08. The minimum Gasteiger partial charge on any atom is -0.373 e. The molecule has 3 N–H and O–H groups in total. The number of imide groups is 1. The Balaban J connectivity index is 1.58. The van der Waals surface area contributed by atoms with Crippen molar-refractivity contribution in [1.29, 1.82) is 0 Å². The Morgan fingerprint density at radius 3 is 2.31 bits per heavy atom. The van der Waals surface area contributed by atoms with Crippen molar-refractivity contribution in [3.8, 4) is 0 Å². The van der Waals surface area contributed by atoms with Crippen molar-refractivity contribution in [1.82, 2.24) is 15.1 Å². The Bertz CT molecular complexity index is 1430. The molecular weight excluding hydrogens is 567 g/mol. The molecule has 0 aromatic heterocycles. The largest absolute Gasteiger partial charge is 0.426 e. The molecule has 1 fully saturated rings. The molecule has 14 heteroatoms. The molecule has 4 rings (SSSR count). The first-order valence-electron chi connectivity index (χ1n) is 13.1. The van der Waals surface area contributed by atoms with E-state index < -0.39 is 65.3 Å². The highest BCUT2D eigenvalue weighted by Gasteiger charge is 2.58. The van der Waals surface area contributed by atoms with Crippen LogP contribution in [0.4, 0.5) is 32.4 Å². The van der Waals surface area contributed by atoms with Crippen molar-refractivity contribution in [2.75, 3.05) is 18.4 Å². The van der Waals surface area contributed by atoms with Gasteiger partial charge in [0.05, 0.1) is 6.04 Å². The van der Waals surface area contributed by atoms with Gasteiger partial charge in [-0.3, -0.25) is 19.7 Å². The summed E-state index contributed by atoms with van der Waals surface area (Å²) in [5.74, 6) is -5.40. The quantitative estimate of drug-likeness (QED) is 0.318. The molecule has 1 heterocycles. The molecular formula is C28H29F5N4O5. The van der Waals surface area contributed by atoms with Crippen LogP contribution in [-0.2, 0) is 27.2 Å². The van der Waals surface area contributed by atoms with E-state index in [9.17, 15) is 46.2 Å². The molecule has 226 valence electrons. The molecule has 2 aromatic rings. The number of nitrogens with one attached hydrogen (secondary N) is 2. The molecule has 0 radical (unpaired) electrons. The van der Waals surface area contributed by atoms with E-state index >= 15 is 0 Å². The minimum atomic E-state index is -5.42. The lowest BCUT2D eigenvalue weighted by molar-refractivity contribution is -0.251. The summed E-state index contributed by atoms with van der Waals surface area (Å²) in [5.41, 5.74) is -3.63. The number of hydrogen-bond donors (Lipinski definition) is 3. The van der Waals surface area contributed by atoms with Gasteiger partial charge in [-0.05, 0) is 61.2 Å². The van der Waals surface area contributed by atoms with Gasteiger partial charge in [0.25, 0.3) is 11.8 Å². The number of fused-ring (bicyclic) bond motifs is 1. The van der Waals surface area contributed by atoms with Crippen molar-refractivity contribution in [2.24, 2.45) is 0 Å². The molecule has 1 aliphatic heterocycles. The number of rotatable bonds is 8. The smallest absolute Gasteiger partial charge is 0.373 e. The molecule has 0 bridgehead atoms. The summed E-state index contributed by atoms with van der Waals surface area (Å²) in [6, 6.07) is 4.90. The van der Waals surface area contributed by atoms with Crippen molar-refractivity contribution in [3.63, 3.8) is 0 Å². The van der Waals surface area contributed by atoms with E-state index in [1.54, 1.807) is 12.1 Å². The highest BCUT2D eigenvalue weighted by atomic mass is 19.4. The van der Waals surface area contributed by atoms with Gasteiger partial charge in [0.1, 0.15) is 23.7 Å². The van der Waals surface area contributed by atoms with Crippen LogP contribution >= 0.6 is 0 Å². The third-order valence-electron chi connectivity index (χ3n) is 7.69. The number of amides is 5. The summed E-state index contributed by atoms with van der Waals surface area (Å²) in [4.78, 5) is 53.0. The first-order valence-corrected chi connectivity index (χ1v) is 13.1. The second-order valence-electron chi connectivity index (χ2n) is 10.7. The van der Waals surface area contributed by atoms with E-state index in [4.69, 9.17) is 0 Å². The number of halogens is 5.